The maximum absolute atomic E-state index is 5.37. The van der Waals surface area contributed by atoms with Crippen molar-refractivity contribution in [2.45, 2.75) is 18.9 Å². The summed E-state index contributed by atoms with van der Waals surface area (Å²) in [5.74, 6) is 2.60. The fourth-order valence-corrected chi connectivity index (χ4v) is 2.46. The minimum atomic E-state index is 0.251. The average Bonchev–Trinajstić information content (AvgIpc) is 2.93. The van der Waals surface area contributed by atoms with Gasteiger partial charge in [-0.2, -0.15) is 0 Å². The highest BCUT2D eigenvalue weighted by molar-refractivity contribution is 5.43. The number of nitrogens with one attached hydrogen (secondary N) is 1. The molecule has 1 aromatic heterocycles. The number of benzene rings is 1. The lowest BCUT2D eigenvalue weighted by molar-refractivity contribution is 0.353. The monoisotopic (exact) mass is 289 g/mol. The van der Waals surface area contributed by atoms with E-state index in [1.54, 1.807) is 14.2 Å². The molecule has 0 aliphatic carbocycles. The number of nitrogens with zero attached hydrogens (tertiary/aromatic N) is 2. The topological polar surface area (TPSA) is 48.3 Å². The lowest BCUT2D eigenvalue weighted by Crippen LogP contribution is -2.18. The van der Waals surface area contributed by atoms with Gasteiger partial charge in [-0.15, -0.1) is 0 Å². The third-order valence-corrected chi connectivity index (χ3v) is 3.74. The summed E-state index contributed by atoms with van der Waals surface area (Å²) in [5.41, 5.74) is 1.18. The summed E-state index contributed by atoms with van der Waals surface area (Å²) in [6.07, 6.45) is 5.69. The Hall–Kier alpha value is -2.01. The molecular weight excluding hydrogens is 266 g/mol. The van der Waals surface area contributed by atoms with Gasteiger partial charge in [0, 0.05) is 31.9 Å². The molecule has 0 saturated heterocycles. The second-order valence-electron chi connectivity index (χ2n) is 4.95. The highest BCUT2D eigenvalue weighted by Crippen LogP contribution is 2.31. The van der Waals surface area contributed by atoms with E-state index < -0.39 is 0 Å². The van der Waals surface area contributed by atoms with Crippen LogP contribution >= 0.6 is 0 Å². The smallest absolute Gasteiger partial charge is 0.161 e. The molecule has 1 N–H and O–H groups in total. The molecule has 1 aromatic carbocycles. The molecule has 0 aliphatic heterocycles. The molecule has 2 aromatic rings. The highest BCUT2D eigenvalue weighted by atomic mass is 16.5. The Kier molecular flexibility index (Phi) is 5.22. The number of rotatable bonds is 7. The van der Waals surface area contributed by atoms with Crippen molar-refractivity contribution in [2.75, 3.05) is 21.3 Å². The molecule has 0 fully saturated rings. The second-order valence-corrected chi connectivity index (χ2v) is 4.95. The predicted octanol–water partition coefficient (Wildman–Crippen LogP) is 2.33. The molecule has 5 nitrogen and oxygen atoms in total. The molecule has 0 aliphatic rings. The van der Waals surface area contributed by atoms with E-state index in [0.29, 0.717) is 0 Å². The van der Waals surface area contributed by atoms with Gasteiger partial charge in [-0.1, -0.05) is 6.07 Å². The number of hydrogen-bond acceptors (Lipinski definition) is 4. The molecule has 0 radical (unpaired) electrons. The van der Waals surface area contributed by atoms with Crippen LogP contribution in [0.4, 0.5) is 0 Å². The van der Waals surface area contributed by atoms with Gasteiger partial charge >= 0.3 is 0 Å². The van der Waals surface area contributed by atoms with Crippen molar-refractivity contribution >= 4 is 0 Å². The molecule has 5 heteroatoms. The van der Waals surface area contributed by atoms with Crippen LogP contribution < -0.4 is 14.8 Å². The van der Waals surface area contributed by atoms with E-state index >= 15 is 0 Å². The molecule has 21 heavy (non-hydrogen) atoms. The first-order chi connectivity index (χ1) is 10.2. The minimum absolute atomic E-state index is 0.251. The summed E-state index contributed by atoms with van der Waals surface area (Å²) in [4.78, 5) is 4.37. The molecule has 2 rings (SSSR count). The molecule has 1 heterocycles. The maximum atomic E-state index is 5.37. The van der Waals surface area contributed by atoms with Crippen LogP contribution in [-0.4, -0.2) is 30.8 Å². The number of methoxy groups -OCH3 is 2. The van der Waals surface area contributed by atoms with E-state index in [1.165, 1.54) is 5.56 Å². The van der Waals surface area contributed by atoms with Gasteiger partial charge in [0.15, 0.2) is 11.5 Å². The van der Waals surface area contributed by atoms with Crippen LogP contribution in [0, 0.1) is 0 Å². The maximum Gasteiger partial charge on any atom is 0.161 e. The Bertz CT molecular complexity index is 581. The lowest BCUT2D eigenvalue weighted by Gasteiger charge is -2.18. The number of aryl methyl sites for hydroxylation is 2. The van der Waals surface area contributed by atoms with Crippen molar-refractivity contribution in [3.05, 3.63) is 42.0 Å². The van der Waals surface area contributed by atoms with Crippen LogP contribution in [0.1, 0.15) is 23.9 Å². The van der Waals surface area contributed by atoms with E-state index in [-0.39, 0.29) is 6.04 Å². The molecular formula is C16H23N3O2. The van der Waals surface area contributed by atoms with Gasteiger partial charge in [-0.05, 0) is 31.2 Å². The van der Waals surface area contributed by atoms with E-state index in [9.17, 15) is 0 Å². The first-order valence-corrected chi connectivity index (χ1v) is 7.05. The van der Waals surface area contributed by atoms with E-state index in [1.807, 2.05) is 38.6 Å². The van der Waals surface area contributed by atoms with Gasteiger partial charge in [0.25, 0.3) is 0 Å². The largest absolute Gasteiger partial charge is 0.493 e. The summed E-state index contributed by atoms with van der Waals surface area (Å²) in [6, 6.07) is 6.29. The van der Waals surface area contributed by atoms with E-state index in [0.717, 1.165) is 30.2 Å². The summed E-state index contributed by atoms with van der Waals surface area (Å²) in [6.45, 7) is 0. The molecule has 0 spiro atoms. The summed E-state index contributed by atoms with van der Waals surface area (Å²) >= 11 is 0. The molecule has 0 amide bonds. The number of hydrogen-bond donors (Lipinski definition) is 1. The standard InChI is InChI=1S/C16H23N3O2/c1-17-13(6-8-16-18-9-10-19(16)2)12-5-7-14(20-3)15(11-12)21-4/h5,7,9-11,13,17H,6,8H2,1-4H3. The van der Waals surface area contributed by atoms with Gasteiger partial charge < -0.3 is 19.4 Å². The Morgan fingerprint density at radius 3 is 2.57 bits per heavy atom. The van der Waals surface area contributed by atoms with Gasteiger partial charge in [0.05, 0.1) is 14.2 Å². The second kappa shape index (κ2) is 7.13. The average molecular weight is 289 g/mol. The third kappa shape index (κ3) is 3.55. The predicted molar refractivity (Wildman–Crippen MR) is 82.9 cm³/mol. The molecule has 0 saturated carbocycles. The van der Waals surface area contributed by atoms with Crippen molar-refractivity contribution in [3.63, 3.8) is 0 Å². The number of imidazole rings is 1. The van der Waals surface area contributed by atoms with Crippen molar-refractivity contribution < 1.29 is 9.47 Å². The number of ether oxygens (including phenoxy) is 2. The van der Waals surface area contributed by atoms with Crippen LogP contribution in [0.5, 0.6) is 11.5 Å². The zero-order valence-electron chi connectivity index (χ0n) is 13.1. The van der Waals surface area contributed by atoms with Crippen molar-refractivity contribution in [2.24, 2.45) is 7.05 Å². The number of aromatic nitrogens is 2. The van der Waals surface area contributed by atoms with Crippen LogP contribution in [0.2, 0.25) is 0 Å². The summed E-state index contributed by atoms with van der Waals surface area (Å²) in [5, 5.41) is 3.36. The first kappa shape index (κ1) is 15.4. The Morgan fingerprint density at radius 1 is 1.24 bits per heavy atom. The quantitative estimate of drug-likeness (QED) is 0.850. The summed E-state index contributed by atoms with van der Waals surface area (Å²) < 4.78 is 12.7. The fraction of sp³-hybridized carbons (Fsp3) is 0.438. The fourth-order valence-electron chi connectivity index (χ4n) is 2.46. The van der Waals surface area contributed by atoms with E-state index in [2.05, 4.69) is 20.9 Å². The Balaban J connectivity index is 2.12. The van der Waals surface area contributed by atoms with E-state index in [4.69, 9.17) is 9.47 Å². The van der Waals surface area contributed by atoms with Crippen molar-refractivity contribution in [1.29, 1.82) is 0 Å². The lowest BCUT2D eigenvalue weighted by atomic mass is 10.0. The third-order valence-electron chi connectivity index (χ3n) is 3.74. The molecule has 0 bridgehead atoms. The normalized spacial score (nSPS) is 12.2. The molecule has 114 valence electrons. The zero-order valence-corrected chi connectivity index (χ0v) is 13.1. The van der Waals surface area contributed by atoms with Crippen molar-refractivity contribution in [1.82, 2.24) is 14.9 Å². The SMILES string of the molecule is CNC(CCc1nccn1C)c1ccc(OC)c(OC)c1. The van der Waals surface area contributed by atoms with Crippen molar-refractivity contribution in [3.8, 4) is 11.5 Å². The molecule has 1 unspecified atom stereocenters. The van der Waals surface area contributed by atoms with Crippen LogP contribution in [-0.2, 0) is 13.5 Å². The van der Waals surface area contributed by atoms with Gasteiger partial charge in [0.1, 0.15) is 5.82 Å². The zero-order chi connectivity index (χ0) is 15.2. The Morgan fingerprint density at radius 2 is 2.00 bits per heavy atom. The van der Waals surface area contributed by atoms with Gasteiger partial charge in [-0.3, -0.25) is 0 Å². The molecule has 1 atom stereocenters. The van der Waals surface area contributed by atoms with Gasteiger partial charge in [0.2, 0.25) is 0 Å². The minimum Gasteiger partial charge on any atom is -0.493 e. The van der Waals surface area contributed by atoms with Crippen LogP contribution in [0.3, 0.4) is 0 Å². The highest BCUT2D eigenvalue weighted by Gasteiger charge is 2.13. The first-order valence-electron chi connectivity index (χ1n) is 7.05. The summed E-state index contributed by atoms with van der Waals surface area (Å²) in [7, 11) is 7.30. The van der Waals surface area contributed by atoms with Crippen LogP contribution in [0.15, 0.2) is 30.6 Å². The van der Waals surface area contributed by atoms with Gasteiger partial charge in [-0.25, -0.2) is 4.98 Å². The Labute approximate surface area is 125 Å². The van der Waals surface area contributed by atoms with Crippen LogP contribution in [0.25, 0.3) is 0 Å².